The Labute approximate surface area is 355 Å². The third-order valence-corrected chi connectivity index (χ3v) is 10.4. The Balaban J connectivity index is 1.18. The highest BCUT2D eigenvalue weighted by molar-refractivity contribution is 6.43. The molecular weight excluding hydrogens is 821 g/mol. The summed E-state index contributed by atoms with van der Waals surface area (Å²) in [7, 11) is 1.34. The molecule has 0 unspecified atom stereocenters. The largest absolute Gasteiger partial charge is 0.505 e. The van der Waals surface area contributed by atoms with Crippen molar-refractivity contribution in [1.29, 1.82) is 0 Å². The lowest BCUT2D eigenvalue weighted by Gasteiger charge is -2.11. The van der Waals surface area contributed by atoms with Crippen molar-refractivity contribution in [2.75, 3.05) is 7.11 Å². The number of aliphatic hydroxyl groups excluding tert-OH is 2. The highest BCUT2D eigenvalue weighted by atomic mass is 35.5. The fourth-order valence-corrected chi connectivity index (χ4v) is 6.97. The number of nitrogens with zero attached hydrogens (tertiary/aromatic N) is 7. The molecule has 0 aromatic heterocycles. The molecule has 8 aromatic rings. The van der Waals surface area contributed by atoms with Crippen molar-refractivity contribution in [2.24, 2.45) is 30.4 Å². The second kappa shape index (κ2) is 16.7. The molecule has 0 saturated heterocycles. The molecule has 0 aliphatic carbocycles. The Kier molecular flexibility index (Phi) is 10.9. The number of rotatable bonds is 10. The fourth-order valence-electron chi connectivity index (χ4n) is 6.64. The van der Waals surface area contributed by atoms with Crippen molar-refractivity contribution in [3.05, 3.63) is 165 Å². The van der Waals surface area contributed by atoms with E-state index in [0.717, 1.165) is 0 Å². The first-order chi connectivity index (χ1) is 29.5. The number of nitro benzene ring substituents is 1. The summed E-state index contributed by atoms with van der Waals surface area (Å²) in [5.74, 6) is -1.77. The number of phenols is 2. The number of nitro groups is 1. The summed E-state index contributed by atoms with van der Waals surface area (Å²) in [4.78, 5) is 19.7. The molecule has 0 heterocycles. The summed E-state index contributed by atoms with van der Waals surface area (Å²) in [6.07, 6.45) is 0. The van der Waals surface area contributed by atoms with E-state index in [4.69, 9.17) is 27.9 Å². The van der Waals surface area contributed by atoms with Crippen LogP contribution in [0.25, 0.3) is 32.3 Å². The molecule has 61 heavy (non-hydrogen) atoms. The number of non-ortho nitro benzene ring substituents is 1. The predicted octanol–water partition coefficient (Wildman–Crippen LogP) is 13.9. The van der Waals surface area contributed by atoms with Gasteiger partial charge in [-0.15, -0.1) is 20.5 Å². The van der Waals surface area contributed by atoms with Crippen molar-refractivity contribution in [1.82, 2.24) is 0 Å². The van der Waals surface area contributed by atoms with Crippen LogP contribution in [0.4, 0.5) is 39.8 Å². The molecule has 8 aromatic carbocycles. The molecule has 0 aliphatic heterocycles. The van der Waals surface area contributed by atoms with Crippen molar-refractivity contribution >= 4 is 107 Å². The zero-order chi connectivity index (χ0) is 42.8. The predicted molar refractivity (Wildman–Crippen MR) is 237 cm³/mol. The third-order valence-electron chi connectivity index (χ3n) is 9.62. The molecule has 16 heteroatoms. The Morgan fingerprint density at radius 2 is 1.05 bits per heavy atom. The number of aliphatic imine (C=N–C) groups is 2. The van der Waals surface area contributed by atoms with Crippen LogP contribution in [0, 0.1) is 10.1 Å². The van der Waals surface area contributed by atoms with E-state index >= 15 is 0 Å². The van der Waals surface area contributed by atoms with Crippen LogP contribution in [0.2, 0.25) is 10.0 Å². The average Bonchev–Trinajstić information content (AvgIpc) is 3.26. The zero-order valence-corrected chi connectivity index (χ0v) is 33.1. The van der Waals surface area contributed by atoms with Gasteiger partial charge in [0.25, 0.3) is 5.69 Å². The lowest BCUT2D eigenvalue weighted by Crippen LogP contribution is -2.00. The van der Waals surface area contributed by atoms with E-state index < -0.39 is 22.5 Å². The van der Waals surface area contributed by atoms with Crippen LogP contribution < -0.4 is 4.74 Å². The molecule has 0 amide bonds. The maximum Gasteiger partial charge on any atom is 0.273 e. The number of hydrogen-bond donors (Lipinski definition) is 4. The van der Waals surface area contributed by atoms with Crippen LogP contribution in [-0.4, -0.2) is 44.3 Å². The van der Waals surface area contributed by atoms with Crippen LogP contribution in [0.3, 0.4) is 0 Å². The van der Waals surface area contributed by atoms with Crippen molar-refractivity contribution in [2.45, 2.75) is 0 Å². The number of azo groups is 2. The number of aliphatic hydroxyl groups is 2. The summed E-state index contributed by atoms with van der Waals surface area (Å²) in [6, 6.07) is 36.2. The van der Waals surface area contributed by atoms with Gasteiger partial charge in [-0.25, -0.2) is 9.98 Å². The highest BCUT2D eigenvalue weighted by Gasteiger charge is 2.20. The first-order valence-electron chi connectivity index (χ1n) is 18.2. The molecule has 14 nitrogen and oxygen atoms in total. The van der Waals surface area contributed by atoms with Gasteiger partial charge in [0.1, 0.15) is 22.7 Å². The number of benzene rings is 8. The topological polar surface area (TPSA) is 207 Å². The molecule has 0 saturated carbocycles. The molecule has 0 aliphatic rings. The number of ether oxygens (including phenoxy) is 1. The standard InChI is InChI=1S/C45H29Cl2N7O7/c1-61-38-23-26(54(59)60)19-20-36(38)50-52-40-27-11-4-2-9-24(27)21-31(42(40)55)44(57)48-34-16-6-14-30-29(34)13-7-17-35(30)49-45(58)32-22-25-10-3-5-12-28(25)41(43(32)56)53-51-37-18-8-15-33(46)39(37)47/h2-23,55-56H,1H3,(H,48,57)(H,49,58). The summed E-state index contributed by atoms with van der Waals surface area (Å²) in [6.45, 7) is 0. The van der Waals surface area contributed by atoms with Gasteiger partial charge in [-0.1, -0.05) is 102 Å². The quantitative estimate of drug-likeness (QED) is 0.0344. The van der Waals surface area contributed by atoms with Gasteiger partial charge in [0.05, 0.1) is 50.6 Å². The van der Waals surface area contributed by atoms with E-state index in [1.807, 2.05) is 0 Å². The van der Waals surface area contributed by atoms with E-state index in [-0.39, 0.29) is 61.1 Å². The van der Waals surface area contributed by atoms with Crippen molar-refractivity contribution < 1.29 is 30.1 Å². The molecule has 0 bridgehead atoms. The number of aromatic hydroxyl groups is 2. The van der Waals surface area contributed by atoms with Crippen molar-refractivity contribution in [3.63, 3.8) is 0 Å². The second-order valence-electron chi connectivity index (χ2n) is 13.3. The normalized spacial score (nSPS) is 12.3. The van der Waals surface area contributed by atoms with Gasteiger partial charge in [-0.3, -0.25) is 10.1 Å². The minimum atomic E-state index is -0.563. The van der Waals surface area contributed by atoms with Crippen LogP contribution in [0.5, 0.6) is 17.2 Å². The second-order valence-corrected chi connectivity index (χ2v) is 14.1. The Morgan fingerprint density at radius 3 is 1.57 bits per heavy atom. The van der Waals surface area contributed by atoms with Crippen molar-refractivity contribution in [3.8, 4) is 17.2 Å². The number of halogens is 2. The van der Waals surface area contributed by atoms with E-state index in [1.54, 1.807) is 115 Å². The van der Waals surface area contributed by atoms with E-state index in [9.17, 15) is 30.5 Å². The average molecular weight is 851 g/mol. The minimum absolute atomic E-state index is 0.00936. The molecule has 0 atom stereocenters. The van der Waals surface area contributed by atoms with E-state index in [2.05, 4.69) is 30.4 Å². The molecule has 300 valence electrons. The first-order valence-corrected chi connectivity index (χ1v) is 18.9. The lowest BCUT2D eigenvalue weighted by atomic mass is 10.0. The fraction of sp³-hybridized carbons (Fsp3) is 0.0222. The van der Waals surface area contributed by atoms with Crippen LogP contribution >= 0.6 is 23.2 Å². The summed E-state index contributed by atoms with van der Waals surface area (Å²) in [5, 5.41) is 78.2. The monoisotopic (exact) mass is 849 g/mol. The minimum Gasteiger partial charge on any atom is -0.505 e. The van der Waals surface area contributed by atoms with Gasteiger partial charge in [0, 0.05) is 27.6 Å². The number of hydrogen-bond acceptors (Lipinski definition) is 11. The number of methoxy groups -OCH3 is 1. The summed E-state index contributed by atoms with van der Waals surface area (Å²) >= 11 is 12.5. The first kappa shape index (κ1) is 39.9. The number of fused-ring (bicyclic) bond motifs is 3. The Hall–Kier alpha value is -7.94. The van der Waals surface area contributed by atoms with E-state index in [0.29, 0.717) is 43.7 Å². The third kappa shape index (κ3) is 7.83. The van der Waals surface area contributed by atoms with Gasteiger partial charge in [-0.2, -0.15) is 0 Å². The molecule has 0 radical (unpaired) electrons. The van der Waals surface area contributed by atoms with Gasteiger partial charge in [0.15, 0.2) is 17.2 Å². The SMILES string of the molecule is COc1cc([N+](=O)[O-])ccc1N=Nc1c(O)c(C(O)=Nc2cccc3c(N=C(O)c4cc5ccccc5c(N=Nc5cccc(Cl)c5Cl)c4O)cccc23)cc2ccccc12. The molecular formula is C45H29Cl2N7O7. The smallest absolute Gasteiger partial charge is 0.273 e. The van der Waals surface area contributed by atoms with Crippen LogP contribution in [-0.2, 0) is 0 Å². The molecule has 0 fully saturated rings. The number of phenolic OH excluding ortho intramolecular Hbond substituents is 2. The maximum absolute atomic E-state index is 11.5. The lowest BCUT2D eigenvalue weighted by molar-refractivity contribution is -0.384. The van der Waals surface area contributed by atoms with Crippen LogP contribution in [0.1, 0.15) is 11.1 Å². The Morgan fingerprint density at radius 1 is 0.574 bits per heavy atom. The summed E-state index contributed by atoms with van der Waals surface area (Å²) in [5.41, 5.74) is 0.878. The Bertz CT molecular complexity index is 3210. The summed E-state index contributed by atoms with van der Waals surface area (Å²) < 4.78 is 5.29. The van der Waals surface area contributed by atoms with Gasteiger partial charge >= 0.3 is 0 Å². The van der Waals surface area contributed by atoms with E-state index in [1.165, 1.54) is 25.3 Å². The molecule has 0 spiro atoms. The van der Waals surface area contributed by atoms with Gasteiger partial charge in [0.2, 0.25) is 11.8 Å². The molecule has 4 N–H and O–H groups in total. The van der Waals surface area contributed by atoms with Gasteiger partial charge < -0.3 is 25.2 Å². The highest BCUT2D eigenvalue weighted by Crippen LogP contribution is 2.44. The zero-order valence-electron chi connectivity index (χ0n) is 31.6. The van der Waals surface area contributed by atoms with Crippen LogP contribution in [0.15, 0.2) is 164 Å². The van der Waals surface area contributed by atoms with Gasteiger partial charge in [-0.05, 0) is 53.2 Å². The maximum atomic E-state index is 11.5. The molecule has 8 rings (SSSR count).